The lowest BCUT2D eigenvalue weighted by molar-refractivity contribution is -0.241. The first kappa shape index (κ1) is 37.0. The maximum absolute atomic E-state index is 14.9. The molecule has 1 saturated heterocycles. The van der Waals surface area contributed by atoms with E-state index in [2.05, 4.69) is 82.8 Å². The number of allylic oxidation sites excluding steroid dienone is 1. The number of aliphatic hydroxyl groups excluding tert-OH is 1. The third kappa shape index (κ3) is 5.31. The van der Waals surface area contributed by atoms with Crippen molar-refractivity contribution in [3.05, 3.63) is 71.3 Å². The van der Waals surface area contributed by atoms with Crippen LogP contribution in [0.5, 0.6) is 5.75 Å². The van der Waals surface area contributed by atoms with Crippen LogP contribution in [0.4, 0.5) is 0 Å². The minimum Gasteiger partial charge on any atom is -0.497 e. The summed E-state index contributed by atoms with van der Waals surface area (Å²) in [6.45, 7) is 18.1. The van der Waals surface area contributed by atoms with Gasteiger partial charge >= 0.3 is 5.97 Å². The number of ether oxygens (including phenoxy) is 3. The Bertz CT molecular complexity index is 1850. The Morgan fingerprint density at radius 3 is 2.51 bits per heavy atom. The van der Waals surface area contributed by atoms with E-state index in [0.717, 1.165) is 55.5 Å². The molecular weight excluding hydrogens is 681 g/mol. The van der Waals surface area contributed by atoms with Gasteiger partial charge in [0.25, 0.3) is 0 Å². The fourth-order valence-corrected chi connectivity index (χ4v) is 13.7. The molecule has 1 aromatic carbocycles. The molecule has 1 N–H and O–H groups in total. The number of carbonyl (C=O) groups excluding carboxylic acids is 1. The summed E-state index contributed by atoms with van der Waals surface area (Å²) in [5.41, 5.74) is 2.39. The lowest BCUT2D eigenvalue weighted by Gasteiger charge is -2.71. The molecule has 8 heteroatoms. The van der Waals surface area contributed by atoms with Crippen LogP contribution in [0.15, 0.2) is 65.7 Å². The minimum absolute atomic E-state index is 0.0536. The molecule has 3 saturated carbocycles. The van der Waals surface area contributed by atoms with Crippen LogP contribution in [0.2, 0.25) is 0 Å². The van der Waals surface area contributed by atoms with Crippen molar-refractivity contribution in [2.24, 2.45) is 56.7 Å². The van der Waals surface area contributed by atoms with Gasteiger partial charge in [-0.3, -0.25) is 9.48 Å². The van der Waals surface area contributed by atoms with E-state index < -0.39 is 6.10 Å². The number of esters is 1. The standard InChI is InChI=1S/C45H60N2O5S/c1-28(2)29(3)41(4)20-21-43(6)32-15-16-37-42(5)26-51-27-45(37,24-35(39(42)48)47-34(18-22-46-47)36-10-9-23-53-36)33(32)17-19-44(43,7)38(41)40(49)52-25-30-11-13-31(50-8)14-12-30/h9-14,17-18,22-23,28-29,32,35,37-39,48H,15-16,19-21,24-27H2,1-8H3/t29-,32+,35-,37+,38-,39+,41-,42-,43-,44+,45+/m1/s1. The monoisotopic (exact) mass is 740 g/mol. The van der Waals surface area contributed by atoms with Crippen LogP contribution in [0, 0.1) is 56.7 Å². The predicted octanol–water partition coefficient (Wildman–Crippen LogP) is 9.77. The van der Waals surface area contributed by atoms with Gasteiger partial charge in [0, 0.05) is 17.0 Å². The van der Waals surface area contributed by atoms with E-state index in [9.17, 15) is 9.90 Å². The molecule has 1 aliphatic heterocycles. The fourth-order valence-electron chi connectivity index (χ4n) is 13.0. The first-order chi connectivity index (χ1) is 25.2. The number of benzene rings is 1. The highest BCUT2D eigenvalue weighted by molar-refractivity contribution is 7.13. The molecule has 53 heavy (non-hydrogen) atoms. The van der Waals surface area contributed by atoms with Crippen molar-refractivity contribution < 1.29 is 24.1 Å². The Labute approximate surface area is 320 Å². The molecule has 4 fully saturated rings. The van der Waals surface area contributed by atoms with Gasteiger partial charge in [-0.05, 0) is 114 Å². The summed E-state index contributed by atoms with van der Waals surface area (Å²) in [6, 6.07) is 14.0. The normalized spacial score (nSPS) is 39.7. The van der Waals surface area contributed by atoms with Gasteiger partial charge in [-0.2, -0.15) is 5.10 Å². The summed E-state index contributed by atoms with van der Waals surface area (Å²) in [4.78, 5) is 16.0. The van der Waals surface area contributed by atoms with E-state index in [-0.39, 0.29) is 51.6 Å². The maximum atomic E-state index is 14.9. The van der Waals surface area contributed by atoms with Crippen molar-refractivity contribution in [3.8, 4) is 16.3 Å². The summed E-state index contributed by atoms with van der Waals surface area (Å²) in [5.74, 6) is 1.93. The van der Waals surface area contributed by atoms with E-state index in [1.807, 2.05) is 30.5 Å². The number of thiophene rings is 1. The van der Waals surface area contributed by atoms with Crippen LogP contribution in [-0.4, -0.2) is 47.3 Å². The molecule has 5 aliphatic rings. The largest absolute Gasteiger partial charge is 0.497 e. The van der Waals surface area contributed by atoms with E-state index in [1.165, 1.54) is 10.5 Å². The quantitative estimate of drug-likeness (QED) is 0.183. The molecule has 3 aromatic rings. The first-order valence-corrected chi connectivity index (χ1v) is 20.9. The summed E-state index contributed by atoms with van der Waals surface area (Å²) >= 11 is 1.72. The minimum atomic E-state index is -0.570. The summed E-state index contributed by atoms with van der Waals surface area (Å²) in [6.07, 6.45) is 9.73. The van der Waals surface area contributed by atoms with Gasteiger partial charge in [-0.1, -0.05) is 78.3 Å². The molecule has 11 atom stereocenters. The molecule has 0 amide bonds. The highest BCUT2D eigenvalue weighted by Crippen LogP contribution is 2.75. The zero-order valence-corrected chi connectivity index (χ0v) is 33.9. The molecule has 2 bridgehead atoms. The lowest BCUT2D eigenvalue weighted by atomic mass is 9.34. The van der Waals surface area contributed by atoms with Crippen LogP contribution < -0.4 is 4.74 Å². The van der Waals surface area contributed by atoms with Gasteiger partial charge in [-0.15, -0.1) is 11.3 Å². The van der Waals surface area contributed by atoms with Crippen molar-refractivity contribution >= 4 is 17.3 Å². The van der Waals surface area contributed by atoms with Crippen molar-refractivity contribution in [2.45, 2.75) is 106 Å². The summed E-state index contributed by atoms with van der Waals surface area (Å²) in [5, 5.41) is 19.4. The predicted molar refractivity (Wildman–Crippen MR) is 209 cm³/mol. The molecule has 4 aliphatic carbocycles. The van der Waals surface area contributed by atoms with Gasteiger partial charge in [0.15, 0.2) is 0 Å². The second-order valence-electron chi connectivity index (χ2n) is 18.8. The third-order valence-electron chi connectivity index (χ3n) is 16.4. The van der Waals surface area contributed by atoms with E-state index in [4.69, 9.17) is 19.3 Å². The number of carbonyl (C=O) groups is 1. The van der Waals surface area contributed by atoms with Crippen LogP contribution in [0.1, 0.15) is 98.6 Å². The molecule has 0 spiro atoms. The number of hydrogen-bond donors (Lipinski definition) is 1. The van der Waals surface area contributed by atoms with Gasteiger partial charge in [-0.25, -0.2) is 0 Å². The second kappa shape index (κ2) is 13.1. The number of methoxy groups -OCH3 is 1. The van der Waals surface area contributed by atoms with Crippen molar-refractivity contribution in [2.75, 3.05) is 20.3 Å². The summed E-state index contributed by atoms with van der Waals surface area (Å²) in [7, 11) is 1.67. The van der Waals surface area contributed by atoms with Gasteiger partial charge in [0.05, 0.1) is 49.0 Å². The summed E-state index contributed by atoms with van der Waals surface area (Å²) < 4.78 is 20.5. The van der Waals surface area contributed by atoms with Crippen molar-refractivity contribution in [1.82, 2.24) is 9.78 Å². The average molecular weight is 741 g/mol. The number of hydrogen-bond acceptors (Lipinski definition) is 7. The average Bonchev–Trinajstić information content (AvgIpc) is 3.86. The fraction of sp³-hybridized carbons (Fsp3) is 0.644. The molecule has 0 unspecified atom stereocenters. The van der Waals surface area contributed by atoms with Gasteiger partial charge < -0.3 is 19.3 Å². The Morgan fingerprint density at radius 1 is 1.04 bits per heavy atom. The number of aromatic nitrogens is 2. The number of fused-ring (bicyclic) bond motifs is 3. The van der Waals surface area contributed by atoms with Crippen LogP contribution in [-0.2, 0) is 20.9 Å². The number of nitrogens with zero attached hydrogens (tertiary/aromatic N) is 2. The van der Waals surface area contributed by atoms with E-state index in [0.29, 0.717) is 36.9 Å². The molecule has 2 aromatic heterocycles. The zero-order valence-electron chi connectivity index (χ0n) is 33.1. The second-order valence-corrected chi connectivity index (χ2v) is 19.8. The smallest absolute Gasteiger partial charge is 0.310 e. The van der Waals surface area contributed by atoms with Crippen molar-refractivity contribution in [3.63, 3.8) is 0 Å². The Hall–Kier alpha value is -2.94. The van der Waals surface area contributed by atoms with Crippen LogP contribution in [0.25, 0.3) is 10.6 Å². The van der Waals surface area contributed by atoms with Gasteiger partial charge in [0.1, 0.15) is 12.4 Å². The van der Waals surface area contributed by atoms with E-state index in [1.54, 1.807) is 18.4 Å². The van der Waals surface area contributed by atoms with Crippen LogP contribution in [0.3, 0.4) is 0 Å². The molecule has 286 valence electrons. The first-order valence-electron chi connectivity index (χ1n) is 20.1. The zero-order chi connectivity index (χ0) is 37.6. The third-order valence-corrected chi connectivity index (χ3v) is 17.3. The van der Waals surface area contributed by atoms with Crippen molar-refractivity contribution in [1.29, 1.82) is 0 Å². The number of aliphatic hydroxyl groups is 1. The Balaban J connectivity index is 1.19. The lowest BCUT2D eigenvalue weighted by Crippen LogP contribution is -2.68. The molecular formula is C45H60N2O5S. The van der Waals surface area contributed by atoms with E-state index >= 15 is 0 Å². The number of rotatable bonds is 8. The van der Waals surface area contributed by atoms with Crippen LogP contribution >= 0.6 is 11.3 Å². The molecule has 3 heterocycles. The highest BCUT2D eigenvalue weighted by atomic mass is 32.1. The Kier molecular flexibility index (Phi) is 9.14. The highest BCUT2D eigenvalue weighted by Gasteiger charge is 2.71. The molecule has 8 rings (SSSR count). The SMILES string of the molecule is COc1ccc(COC(=O)[C@@H]2[C@@](C)([C@H](C)C(C)C)CC[C@]3(C)[C@H]4CC[C@@H]5[C@@]6(COC[C@@]5(C)[C@@H](O)[C@H](n5nccc5-c5cccs5)C6)C4=CC[C@@]23C)cc1. The molecule has 7 nitrogen and oxygen atoms in total. The van der Waals surface area contributed by atoms with Gasteiger partial charge in [0.2, 0.25) is 0 Å². The Morgan fingerprint density at radius 2 is 1.81 bits per heavy atom. The topological polar surface area (TPSA) is 82.8 Å². The molecule has 0 radical (unpaired) electrons. The maximum Gasteiger partial charge on any atom is 0.310 e.